The van der Waals surface area contributed by atoms with Gasteiger partial charge in [-0.1, -0.05) is 24.3 Å². The predicted octanol–water partition coefficient (Wildman–Crippen LogP) is 1.10. The van der Waals surface area contributed by atoms with Crippen LogP contribution >= 0.6 is 0 Å². The average molecular weight is 348 g/mol. The molecule has 0 radical (unpaired) electrons. The minimum absolute atomic E-state index is 0.310. The topological polar surface area (TPSA) is 121 Å². The molecular weight excluding hydrogens is 336 g/mol. The molecular formula is C17H12N6O3. The normalized spacial score (nSPS) is 13.0. The maximum absolute atomic E-state index is 12.3. The molecule has 1 aromatic heterocycles. The number of aromatic nitrogens is 4. The van der Waals surface area contributed by atoms with Gasteiger partial charge in [-0.3, -0.25) is 19.3 Å². The Bertz CT molecular complexity index is 980. The van der Waals surface area contributed by atoms with Crippen LogP contribution in [-0.2, 0) is 4.79 Å². The second-order valence-corrected chi connectivity index (χ2v) is 5.61. The Morgan fingerprint density at radius 1 is 1.04 bits per heavy atom. The summed E-state index contributed by atoms with van der Waals surface area (Å²) in [6.45, 7) is -0.362. The first-order valence-corrected chi connectivity index (χ1v) is 7.72. The highest BCUT2D eigenvalue weighted by Crippen LogP contribution is 2.22. The quantitative estimate of drug-likeness (QED) is 0.681. The largest absolute Gasteiger partial charge is 0.325 e. The van der Waals surface area contributed by atoms with E-state index in [0.717, 1.165) is 4.90 Å². The van der Waals surface area contributed by atoms with Crippen LogP contribution in [0.3, 0.4) is 0 Å². The van der Waals surface area contributed by atoms with E-state index < -0.39 is 17.7 Å². The first-order valence-electron chi connectivity index (χ1n) is 7.72. The van der Waals surface area contributed by atoms with Crippen LogP contribution in [0.2, 0.25) is 0 Å². The number of rotatable bonds is 4. The van der Waals surface area contributed by atoms with Crippen molar-refractivity contribution < 1.29 is 14.4 Å². The molecule has 9 heteroatoms. The van der Waals surface area contributed by atoms with Gasteiger partial charge in [0, 0.05) is 11.3 Å². The van der Waals surface area contributed by atoms with Gasteiger partial charge in [0.1, 0.15) is 6.54 Å². The molecule has 4 rings (SSSR count). The van der Waals surface area contributed by atoms with Crippen LogP contribution in [-0.4, -0.2) is 49.8 Å². The third kappa shape index (κ3) is 2.71. The van der Waals surface area contributed by atoms with Gasteiger partial charge in [0.15, 0.2) is 0 Å². The minimum Gasteiger partial charge on any atom is -0.325 e. The molecule has 0 atom stereocenters. The summed E-state index contributed by atoms with van der Waals surface area (Å²) in [5.74, 6) is -1.03. The number of amides is 3. The zero-order valence-electron chi connectivity index (χ0n) is 13.3. The third-order valence-corrected chi connectivity index (χ3v) is 3.93. The number of tetrazole rings is 1. The molecule has 3 aromatic rings. The fourth-order valence-corrected chi connectivity index (χ4v) is 2.75. The van der Waals surface area contributed by atoms with E-state index in [1.165, 1.54) is 0 Å². The van der Waals surface area contributed by atoms with E-state index in [1.54, 1.807) is 48.5 Å². The molecule has 2 N–H and O–H groups in total. The number of anilines is 1. The van der Waals surface area contributed by atoms with Gasteiger partial charge in [-0.15, -0.1) is 10.2 Å². The van der Waals surface area contributed by atoms with Crippen molar-refractivity contribution in [3.8, 4) is 11.4 Å². The maximum atomic E-state index is 12.3. The van der Waals surface area contributed by atoms with E-state index in [0.29, 0.717) is 28.2 Å². The summed E-state index contributed by atoms with van der Waals surface area (Å²) in [7, 11) is 0. The monoisotopic (exact) mass is 348 g/mol. The van der Waals surface area contributed by atoms with E-state index in [9.17, 15) is 14.4 Å². The van der Waals surface area contributed by atoms with E-state index in [-0.39, 0.29) is 6.54 Å². The van der Waals surface area contributed by atoms with Crippen LogP contribution in [0.5, 0.6) is 0 Å². The Kier molecular flexibility index (Phi) is 3.73. The van der Waals surface area contributed by atoms with Crippen molar-refractivity contribution >= 4 is 23.4 Å². The van der Waals surface area contributed by atoms with E-state index >= 15 is 0 Å². The summed E-state index contributed by atoms with van der Waals surface area (Å²) in [5.41, 5.74) is 1.78. The Labute approximate surface area is 147 Å². The second kappa shape index (κ2) is 6.20. The van der Waals surface area contributed by atoms with Crippen LogP contribution < -0.4 is 5.32 Å². The molecule has 2 aromatic carbocycles. The summed E-state index contributed by atoms with van der Waals surface area (Å²) in [5, 5.41) is 16.3. The number of nitrogens with zero attached hydrogens (tertiary/aromatic N) is 4. The van der Waals surface area contributed by atoms with Crippen molar-refractivity contribution in [2.24, 2.45) is 0 Å². The lowest BCUT2D eigenvalue weighted by Gasteiger charge is -2.13. The smallest absolute Gasteiger partial charge is 0.262 e. The number of hydrogen-bond acceptors (Lipinski definition) is 6. The molecule has 0 unspecified atom stereocenters. The number of hydrogen-bond donors (Lipinski definition) is 2. The highest BCUT2D eigenvalue weighted by Gasteiger charge is 2.36. The number of imide groups is 1. The Balaban J connectivity index is 1.48. The van der Waals surface area contributed by atoms with Crippen molar-refractivity contribution in [1.29, 1.82) is 0 Å². The minimum atomic E-state index is -0.482. The van der Waals surface area contributed by atoms with Crippen molar-refractivity contribution in [2.45, 2.75) is 0 Å². The van der Waals surface area contributed by atoms with Crippen LogP contribution in [0.25, 0.3) is 11.4 Å². The summed E-state index contributed by atoms with van der Waals surface area (Å²) < 4.78 is 0. The molecule has 1 aliphatic rings. The SMILES string of the molecule is O=C(CN1C(=O)c2ccccc2C1=O)Nc1cccc(-c2nn[nH]n2)c1. The Morgan fingerprint density at radius 2 is 1.77 bits per heavy atom. The van der Waals surface area contributed by atoms with Crippen LogP contribution in [0, 0.1) is 0 Å². The van der Waals surface area contributed by atoms with Crippen LogP contribution in [0.4, 0.5) is 5.69 Å². The molecule has 128 valence electrons. The molecule has 2 heterocycles. The third-order valence-electron chi connectivity index (χ3n) is 3.93. The van der Waals surface area contributed by atoms with Crippen molar-refractivity contribution in [1.82, 2.24) is 25.5 Å². The van der Waals surface area contributed by atoms with Gasteiger partial charge in [0.05, 0.1) is 11.1 Å². The molecule has 0 aliphatic carbocycles. The van der Waals surface area contributed by atoms with Crippen LogP contribution in [0.1, 0.15) is 20.7 Å². The number of benzene rings is 2. The number of carbonyl (C=O) groups is 3. The molecule has 0 saturated heterocycles. The van der Waals surface area contributed by atoms with Gasteiger partial charge in [0.25, 0.3) is 11.8 Å². The summed E-state index contributed by atoms with van der Waals surface area (Å²) in [6.07, 6.45) is 0. The van der Waals surface area contributed by atoms with Gasteiger partial charge < -0.3 is 5.32 Å². The first-order chi connectivity index (χ1) is 12.6. The highest BCUT2D eigenvalue weighted by molar-refractivity contribution is 6.22. The number of fused-ring (bicyclic) bond motifs is 1. The molecule has 0 saturated carbocycles. The summed E-state index contributed by atoms with van der Waals surface area (Å²) in [4.78, 5) is 37.8. The predicted molar refractivity (Wildman–Crippen MR) is 90.1 cm³/mol. The number of carbonyl (C=O) groups excluding carboxylic acids is 3. The summed E-state index contributed by atoms with van der Waals surface area (Å²) >= 11 is 0. The molecule has 0 bridgehead atoms. The Hall–Kier alpha value is -3.88. The lowest BCUT2D eigenvalue weighted by Crippen LogP contribution is -2.37. The lowest BCUT2D eigenvalue weighted by atomic mass is 10.1. The zero-order chi connectivity index (χ0) is 18.1. The molecule has 26 heavy (non-hydrogen) atoms. The van der Waals surface area contributed by atoms with Crippen molar-refractivity contribution in [3.05, 3.63) is 59.7 Å². The first kappa shape index (κ1) is 15.6. The number of H-pyrrole nitrogens is 1. The molecule has 3 amide bonds. The second-order valence-electron chi connectivity index (χ2n) is 5.61. The molecule has 0 spiro atoms. The van der Waals surface area contributed by atoms with Crippen molar-refractivity contribution in [3.63, 3.8) is 0 Å². The van der Waals surface area contributed by atoms with Crippen LogP contribution in [0.15, 0.2) is 48.5 Å². The van der Waals surface area contributed by atoms with E-state index in [4.69, 9.17) is 0 Å². The molecule has 0 fully saturated rings. The summed E-state index contributed by atoms with van der Waals surface area (Å²) in [6, 6.07) is 13.3. The Morgan fingerprint density at radius 3 is 2.42 bits per heavy atom. The van der Waals surface area contributed by atoms with Gasteiger partial charge in [-0.2, -0.15) is 5.21 Å². The zero-order valence-corrected chi connectivity index (χ0v) is 13.3. The van der Waals surface area contributed by atoms with Gasteiger partial charge >= 0.3 is 0 Å². The van der Waals surface area contributed by atoms with E-state index in [1.807, 2.05) is 0 Å². The van der Waals surface area contributed by atoms with Gasteiger partial charge in [0.2, 0.25) is 11.7 Å². The van der Waals surface area contributed by atoms with Crippen molar-refractivity contribution in [2.75, 3.05) is 11.9 Å². The van der Waals surface area contributed by atoms with Gasteiger partial charge in [-0.25, -0.2) is 0 Å². The van der Waals surface area contributed by atoms with Gasteiger partial charge in [-0.05, 0) is 29.5 Å². The van der Waals surface area contributed by atoms with E-state index in [2.05, 4.69) is 25.9 Å². The molecule has 1 aliphatic heterocycles. The number of aromatic amines is 1. The number of nitrogens with one attached hydrogen (secondary N) is 2. The lowest BCUT2D eigenvalue weighted by molar-refractivity contribution is -0.116. The highest BCUT2D eigenvalue weighted by atomic mass is 16.2. The maximum Gasteiger partial charge on any atom is 0.262 e. The fraction of sp³-hybridized carbons (Fsp3) is 0.0588. The fourth-order valence-electron chi connectivity index (χ4n) is 2.75. The molecule has 9 nitrogen and oxygen atoms in total. The average Bonchev–Trinajstić information content (AvgIpc) is 3.26. The standard InChI is InChI=1S/C17H12N6O3/c24-14(9-23-16(25)12-6-1-2-7-13(12)17(23)26)18-11-5-3-4-10(8-11)15-19-21-22-20-15/h1-8H,9H2,(H,18,24)(H,19,20,21,22).